The van der Waals surface area contributed by atoms with Gasteiger partial charge in [-0.25, -0.2) is 8.42 Å². The maximum absolute atomic E-state index is 12.3. The van der Waals surface area contributed by atoms with Crippen LogP contribution in [0.2, 0.25) is 0 Å². The van der Waals surface area contributed by atoms with Crippen LogP contribution < -0.4 is 5.32 Å². The number of benzene rings is 1. The smallest absolute Gasteiger partial charge is 0.243 e. The summed E-state index contributed by atoms with van der Waals surface area (Å²) in [6.45, 7) is 5.55. The second kappa shape index (κ2) is 6.85. The molecule has 0 spiro atoms. The van der Waals surface area contributed by atoms with Crippen LogP contribution in [0.15, 0.2) is 29.2 Å². The van der Waals surface area contributed by atoms with Crippen molar-refractivity contribution in [2.75, 3.05) is 13.6 Å². The zero-order chi connectivity index (χ0) is 15.3. The predicted molar refractivity (Wildman–Crippen MR) is 78.9 cm³/mol. The minimum atomic E-state index is -3.62. The van der Waals surface area contributed by atoms with Gasteiger partial charge in [-0.1, -0.05) is 24.6 Å². The maximum Gasteiger partial charge on any atom is 0.243 e. The molecule has 1 aromatic carbocycles. The van der Waals surface area contributed by atoms with Gasteiger partial charge in [0.2, 0.25) is 15.9 Å². The Labute approximate surface area is 121 Å². The number of aryl methyl sites for hydroxylation is 1. The molecule has 0 aliphatic heterocycles. The average molecular weight is 298 g/mol. The number of carbonyl (C=O) groups excluding carboxylic acids is 1. The van der Waals surface area contributed by atoms with Crippen LogP contribution in [0, 0.1) is 6.92 Å². The Morgan fingerprint density at radius 2 is 1.85 bits per heavy atom. The molecular formula is C14H22N2O3S. The summed E-state index contributed by atoms with van der Waals surface area (Å²) in [5, 5.41) is 2.75. The molecule has 1 N–H and O–H groups in total. The van der Waals surface area contributed by atoms with Crippen LogP contribution in [0.3, 0.4) is 0 Å². The van der Waals surface area contributed by atoms with E-state index in [4.69, 9.17) is 0 Å². The molecule has 1 atom stereocenters. The molecule has 1 unspecified atom stereocenters. The first-order valence-electron chi connectivity index (χ1n) is 6.59. The Morgan fingerprint density at radius 3 is 2.35 bits per heavy atom. The largest absolute Gasteiger partial charge is 0.353 e. The van der Waals surface area contributed by atoms with E-state index in [1.165, 1.54) is 7.05 Å². The van der Waals surface area contributed by atoms with E-state index in [9.17, 15) is 13.2 Å². The summed E-state index contributed by atoms with van der Waals surface area (Å²) in [4.78, 5) is 11.9. The Kier molecular flexibility index (Phi) is 5.71. The fourth-order valence-electron chi connectivity index (χ4n) is 1.60. The normalized spacial score (nSPS) is 13.2. The number of carbonyl (C=O) groups is 1. The molecule has 0 aliphatic carbocycles. The summed E-state index contributed by atoms with van der Waals surface area (Å²) in [5.41, 5.74) is 0.987. The van der Waals surface area contributed by atoms with Crippen LogP contribution in [0.5, 0.6) is 0 Å². The van der Waals surface area contributed by atoms with Crippen LogP contribution in [0.25, 0.3) is 0 Å². The van der Waals surface area contributed by atoms with Crippen LogP contribution in [-0.4, -0.2) is 38.3 Å². The van der Waals surface area contributed by atoms with Crippen LogP contribution in [0.1, 0.15) is 25.8 Å². The molecule has 0 aliphatic rings. The van der Waals surface area contributed by atoms with Gasteiger partial charge < -0.3 is 5.32 Å². The lowest BCUT2D eigenvalue weighted by atomic mass is 10.2. The molecule has 1 aromatic rings. The molecule has 0 saturated carbocycles. The number of nitrogens with zero attached hydrogens (tertiary/aromatic N) is 1. The number of hydrogen-bond donors (Lipinski definition) is 1. The van der Waals surface area contributed by atoms with Crippen molar-refractivity contribution in [3.8, 4) is 0 Å². The van der Waals surface area contributed by atoms with E-state index in [0.717, 1.165) is 16.3 Å². The van der Waals surface area contributed by atoms with E-state index in [1.54, 1.807) is 24.3 Å². The average Bonchev–Trinajstić information content (AvgIpc) is 2.38. The standard InChI is InChI=1S/C14H22N2O3S/c1-5-12(3)15-14(17)10-16(4)20(18,19)13-8-6-11(2)7-9-13/h6-9,12H,5,10H2,1-4H3,(H,15,17). The van der Waals surface area contributed by atoms with Crippen LogP contribution >= 0.6 is 0 Å². The lowest BCUT2D eigenvalue weighted by Gasteiger charge is -2.18. The zero-order valence-corrected chi connectivity index (χ0v) is 13.2. The van der Waals surface area contributed by atoms with Crippen molar-refractivity contribution in [3.05, 3.63) is 29.8 Å². The molecule has 0 bridgehead atoms. The van der Waals surface area contributed by atoms with Crippen LogP contribution in [-0.2, 0) is 14.8 Å². The van der Waals surface area contributed by atoms with Crippen molar-refractivity contribution in [1.82, 2.24) is 9.62 Å². The Morgan fingerprint density at radius 1 is 1.30 bits per heavy atom. The summed E-state index contributed by atoms with van der Waals surface area (Å²) in [7, 11) is -2.21. The molecule has 1 rings (SSSR count). The number of likely N-dealkylation sites (N-methyl/N-ethyl adjacent to an activating group) is 1. The second-order valence-electron chi connectivity index (χ2n) is 4.95. The van der Waals surface area contributed by atoms with E-state index >= 15 is 0 Å². The second-order valence-corrected chi connectivity index (χ2v) is 7.00. The third kappa shape index (κ3) is 4.31. The van der Waals surface area contributed by atoms with E-state index < -0.39 is 10.0 Å². The summed E-state index contributed by atoms with van der Waals surface area (Å²) >= 11 is 0. The van der Waals surface area contributed by atoms with Gasteiger partial charge in [-0.2, -0.15) is 4.31 Å². The van der Waals surface area contributed by atoms with E-state index in [2.05, 4.69) is 5.32 Å². The lowest BCUT2D eigenvalue weighted by Crippen LogP contribution is -2.41. The molecule has 0 saturated heterocycles. The van der Waals surface area contributed by atoms with Crippen molar-refractivity contribution in [2.45, 2.75) is 38.1 Å². The van der Waals surface area contributed by atoms with Crippen molar-refractivity contribution in [1.29, 1.82) is 0 Å². The number of amides is 1. The van der Waals surface area contributed by atoms with Gasteiger partial charge in [0, 0.05) is 13.1 Å². The molecule has 5 nitrogen and oxygen atoms in total. The predicted octanol–water partition coefficient (Wildman–Crippen LogP) is 1.53. The third-order valence-electron chi connectivity index (χ3n) is 3.12. The third-order valence-corrected chi connectivity index (χ3v) is 4.93. The molecule has 0 radical (unpaired) electrons. The Bertz CT molecular complexity index is 552. The highest BCUT2D eigenvalue weighted by molar-refractivity contribution is 7.89. The number of sulfonamides is 1. The van der Waals surface area contributed by atoms with Gasteiger partial charge in [-0.05, 0) is 32.4 Å². The minimum absolute atomic E-state index is 0.0398. The first-order chi connectivity index (χ1) is 9.27. The quantitative estimate of drug-likeness (QED) is 0.866. The highest BCUT2D eigenvalue weighted by atomic mass is 32.2. The number of hydrogen-bond acceptors (Lipinski definition) is 3. The molecule has 112 valence electrons. The van der Waals surface area contributed by atoms with Gasteiger partial charge in [0.05, 0.1) is 11.4 Å². The maximum atomic E-state index is 12.3. The summed E-state index contributed by atoms with van der Waals surface area (Å²) in [6, 6.07) is 6.61. The summed E-state index contributed by atoms with van der Waals surface area (Å²) in [5.74, 6) is -0.294. The minimum Gasteiger partial charge on any atom is -0.353 e. The van der Waals surface area contributed by atoms with Crippen molar-refractivity contribution < 1.29 is 13.2 Å². The van der Waals surface area contributed by atoms with Gasteiger partial charge in [0.1, 0.15) is 0 Å². The topological polar surface area (TPSA) is 66.5 Å². The van der Waals surface area contributed by atoms with Gasteiger partial charge in [-0.3, -0.25) is 4.79 Å². The Balaban J connectivity index is 2.77. The van der Waals surface area contributed by atoms with Gasteiger partial charge >= 0.3 is 0 Å². The monoisotopic (exact) mass is 298 g/mol. The SMILES string of the molecule is CCC(C)NC(=O)CN(C)S(=O)(=O)c1ccc(C)cc1. The molecule has 0 aromatic heterocycles. The molecule has 0 heterocycles. The first kappa shape index (κ1) is 16.7. The van der Waals surface area contributed by atoms with E-state index in [1.807, 2.05) is 20.8 Å². The fourth-order valence-corrected chi connectivity index (χ4v) is 2.73. The van der Waals surface area contributed by atoms with Crippen molar-refractivity contribution >= 4 is 15.9 Å². The Hall–Kier alpha value is -1.40. The van der Waals surface area contributed by atoms with Gasteiger partial charge in [0.25, 0.3) is 0 Å². The summed E-state index contributed by atoms with van der Waals surface area (Å²) < 4.78 is 25.6. The highest BCUT2D eigenvalue weighted by Crippen LogP contribution is 2.14. The molecule has 0 fully saturated rings. The lowest BCUT2D eigenvalue weighted by molar-refractivity contribution is -0.121. The molecule has 1 amide bonds. The van der Waals surface area contributed by atoms with Gasteiger partial charge in [-0.15, -0.1) is 0 Å². The highest BCUT2D eigenvalue weighted by Gasteiger charge is 2.23. The van der Waals surface area contributed by atoms with E-state index in [0.29, 0.717) is 0 Å². The molecule has 6 heteroatoms. The van der Waals surface area contributed by atoms with Crippen LogP contribution in [0.4, 0.5) is 0 Å². The van der Waals surface area contributed by atoms with E-state index in [-0.39, 0.29) is 23.4 Å². The number of rotatable bonds is 6. The zero-order valence-electron chi connectivity index (χ0n) is 12.4. The summed E-state index contributed by atoms with van der Waals surface area (Å²) in [6.07, 6.45) is 0.806. The molecular weight excluding hydrogens is 276 g/mol. The van der Waals surface area contributed by atoms with Gasteiger partial charge in [0.15, 0.2) is 0 Å². The van der Waals surface area contributed by atoms with Crippen molar-refractivity contribution in [2.24, 2.45) is 0 Å². The fraction of sp³-hybridized carbons (Fsp3) is 0.500. The van der Waals surface area contributed by atoms with Crippen molar-refractivity contribution in [3.63, 3.8) is 0 Å². The number of nitrogens with one attached hydrogen (secondary N) is 1. The molecule has 20 heavy (non-hydrogen) atoms. The first-order valence-corrected chi connectivity index (χ1v) is 8.03.